The summed E-state index contributed by atoms with van der Waals surface area (Å²) in [5.41, 5.74) is 3.40. The smallest absolute Gasteiger partial charge is 0.326 e. The van der Waals surface area contributed by atoms with Crippen molar-refractivity contribution in [3.63, 3.8) is 0 Å². The van der Waals surface area contributed by atoms with Crippen LogP contribution < -0.4 is 19.9 Å². The zero-order chi connectivity index (χ0) is 21.7. The van der Waals surface area contributed by atoms with E-state index in [0.29, 0.717) is 22.3 Å². The van der Waals surface area contributed by atoms with E-state index in [2.05, 4.69) is 5.32 Å². The quantitative estimate of drug-likeness (QED) is 0.485. The molecule has 30 heavy (non-hydrogen) atoms. The number of nitrogens with zero attached hydrogens (tertiary/aromatic N) is 2. The Balaban J connectivity index is 1.87. The Bertz CT molecular complexity index is 1010. The van der Waals surface area contributed by atoms with Gasteiger partial charge in [-0.3, -0.25) is 4.90 Å². The van der Waals surface area contributed by atoms with Gasteiger partial charge >= 0.3 is 6.03 Å². The van der Waals surface area contributed by atoms with Crippen LogP contribution in [0.25, 0.3) is 0 Å². The Labute approximate surface area is 186 Å². The van der Waals surface area contributed by atoms with Crippen LogP contribution in [0.3, 0.4) is 0 Å². The van der Waals surface area contributed by atoms with E-state index in [-0.39, 0.29) is 6.03 Å². The van der Waals surface area contributed by atoms with Gasteiger partial charge < -0.3 is 15.0 Å². The lowest BCUT2D eigenvalue weighted by Gasteiger charge is -2.24. The van der Waals surface area contributed by atoms with Crippen molar-refractivity contribution in [3.8, 4) is 5.75 Å². The van der Waals surface area contributed by atoms with Crippen LogP contribution in [0.15, 0.2) is 66.7 Å². The van der Waals surface area contributed by atoms with Gasteiger partial charge in [-0.05, 0) is 60.2 Å². The highest BCUT2D eigenvalue weighted by Gasteiger charge is 2.17. The first-order chi connectivity index (χ1) is 14.4. The van der Waals surface area contributed by atoms with Gasteiger partial charge in [0.1, 0.15) is 5.75 Å². The topological polar surface area (TPSA) is 44.8 Å². The van der Waals surface area contributed by atoms with Crippen molar-refractivity contribution in [2.45, 2.75) is 6.54 Å². The highest BCUT2D eigenvalue weighted by atomic mass is 35.5. The summed E-state index contributed by atoms with van der Waals surface area (Å²) in [5, 5.41) is 3.70. The molecule has 0 saturated heterocycles. The van der Waals surface area contributed by atoms with Crippen LogP contribution in [-0.2, 0) is 6.54 Å². The standard InChI is InChI=1S/C23H23Cl2N3O2/c1-27(2)18-7-4-16(5-8-18)15-28(19-9-11-20(30-3)12-10-19)23(29)26-17-6-13-21(24)22(25)14-17/h4-14H,15H2,1-3H3,(H,26,29). The second kappa shape index (κ2) is 9.74. The molecule has 0 atom stereocenters. The first-order valence-corrected chi connectivity index (χ1v) is 10.1. The Kier molecular flexibility index (Phi) is 7.08. The van der Waals surface area contributed by atoms with E-state index in [1.807, 2.05) is 67.5 Å². The van der Waals surface area contributed by atoms with Crippen molar-refractivity contribution in [1.82, 2.24) is 0 Å². The lowest BCUT2D eigenvalue weighted by molar-refractivity contribution is 0.256. The first kappa shape index (κ1) is 21.8. The summed E-state index contributed by atoms with van der Waals surface area (Å²) in [6.45, 7) is 0.396. The average Bonchev–Trinajstić information content (AvgIpc) is 2.75. The minimum absolute atomic E-state index is 0.282. The normalized spacial score (nSPS) is 10.4. The maximum Gasteiger partial charge on any atom is 0.326 e. The van der Waals surface area contributed by atoms with Gasteiger partial charge in [0, 0.05) is 31.2 Å². The maximum absolute atomic E-state index is 13.1. The molecule has 0 aromatic heterocycles. The average molecular weight is 444 g/mol. The third-order valence-corrected chi connectivity index (χ3v) is 5.33. The van der Waals surface area contributed by atoms with E-state index >= 15 is 0 Å². The first-order valence-electron chi connectivity index (χ1n) is 9.31. The van der Waals surface area contributed by atoms with E-state index in [9.17, 15) is 4.79 Å². The minimum atomic E-state index is -0.282. The summed E-state index contributed by atoms with van der Waals surface area (Å²) in [4.78, 5) is 16.8. The molecule has 0 radical (unpaired) electrons. The Morgan fingerprint density at radius 2 is 1.53 bits per heavy atom. The maximum atomic E-state index is 13.1. The van der Waals surface area contributed by atoms with Gasteiger partial charge in [0.15, 0.2) is 0 Å². The van der Waals surface area contributed by atoms with E-state index in [4.69, 9.17) is 27.9 Å². The van der Waals surface area contributed by atoms with Crippen LogP contribution in [0.1, 0.15) is 5.56 Å². The number of anilines is 3. The van der Waals surface area contributed by atoms with Crippen LogP contribution in [0, 0.1) is 0 Å². The number of hydrogen-bond donors (Lipinski definition) is 1. The number of urea groups is 1. The Morgan fingerprint density at radius 3 is 2.10 bits per heavy atom. The molecule has 3 rings (SSSR count). The van der Waals surface area contributed by atoms with E-state index in [0.717, 1.165) is 22.7 Å². The molecule has 1 N–H and O–H groups in total. The van der Waals surface area contributed by atoms with E-state index in [1.165, 1.54) is 0 Å². The summed E-state index contributed by atoms with van der Waals surface area (Å²) < 4.78 is 5.23. The zero-order valence-corrected chi connectivity index (χ0v) is 18.5. The molecule has 2 amide bonds. The molecule has 0 saturated carbocycles. The Morgan fingerprint density at radius 1 is 0.900 bits per heavy atom. The number of benzene rings is 3. The predicted octanol–water partition coefficient (Wildman–Crippen LogP) is 6.31. The molecule has 0 aliphatic heterocycles. The van der Waals surface area contributed by atoms with Gasteiger partial charge in [-0.25, -0.2) is 4.79 Å². The van der Waals surface area contributed by atoms with Crippen LogP contribution in [0.5, 0.6) is 5.75 Å². The highest BCUT2D eigenvalue weighted by molar-refractivity contribution is 6.42. The van der Waals surface area contributed by atoms with Crippen LogP contribution in [0.4, 0.5) is 21.9 Å². The molecule has 3 aromatic carbocycles. The molecule has 0 heterocycles. The van der Waals surface area contributed by atoms with Crippen LogP contribution >= 0.6 is 23.2 Å². The molecule has 3 aromatic rings. The number of hydrogen-bond acceptors (Lipinski definition) is 3. The number of halogens is 2. The molecule has 156 valence electrons. The fourth-order valence-electron chi connectivity index (χ4n) is 2.89. The lowest BCUT2D eigenvalue weighted by Crippen LogP contribution is -2.34. The molecule has 0 unspecified atom stereocenters. The van der Waals surface area contributed by atoms with Crippen molar-refractivity contribution < 1.29 is 9.53 Å². The summed E-state index contributed by atoms with van der Waals surface area (Å²) in [6.07, 6.45) is 0. The number of amides is 2. The Hall–Kier alpha value is -2.89. The molecule has 7 heteroatoms. The van der Waals surface area contributed by atoms with Gasteiger partial charge in [-0.15, -0.1) is 0 Å². The molecule has 0 fully saturated rings. The second-order valence-corrected chi connectivity index (χ2v) is 7.72. The number of carbonyl (C=O) groups excluding carboxylic acids is 1. The van der Waals surface area contributed by atoms with Crippen molar-refractivity contribution in [1.29, 1.82) is 0 Å². The van der Waals surface area contributed by atoms with E-state index < -0.39 is 0 Å². The number of methoxy groups -OCH3 is 1. The van der Waals surface area contributed by atoms with Gasteiger partial charge in [0.2, 0.25) is 0 Å². The lowest BCUT2D eigenvalue weighted by atomic mass is 10.1. The molecule has 0 aliphatic carbocycles. The fourth-order valence-corrected chi connectivity index (χ4v) is 3.19. The molecular weight excluding hydrogens is 421 g/mol. The molecule has 0 aliphatic rings. The van der Waals surface area contributed by atoms with Gasteiger partial charge in [0.25, 0.3) is 0 Å². The van der Waals surface area contributed by atoms with Gasteiger partial charge in [-0.1, -0.05) is 35.3 Å². The largest absolute Gasteiger partial charge is 0.497 e. The molecule has 5 nitrogen and oxygen atoms in total. The van der Waals surface area contributed by atoms with E-state index in [1.54, 1.807) is 30.2 Å². The zero-order valence-electron chi connectivity index (χ0n) is 17.0. The predicted molar refractivity (Wildman–Crippen MR) is 125 cm³/mol. The van der Waals surface area contributed by atoms with Crippen molar-refractivity contribution in [3.05, 3.63) is 82.3 Å². The third-order valence-electron chi connectivity index (χ3n) is 4.59. The number of rotatable bonds is 6. The SMILES string of the molecule is COc1ccc(N(Cc2ccc(N(C)C)cc2)C(=O)Nc2ccc(Cl)c(Cl)c2)cc1. The second-order valence-electron chi connectivity index (χ2n) is 6.90. The van der Waals surface area contributed by atoms with Crippen molar-refractivity contribution in [2.75, 3.05) is 36.3 Å². The summed E-state index contributed by atoms with van der Waals surface area (Å²) >= 11 is 12.1. The highest BCUT2D eigenvalue weighted by Crippen LogP contribution is 2.27. The molecular formula is C23H23Cl2N3O2. The number of nitrogens with one attached hydrogen (secondary N) is 1. The third kappa shape index (κ3) is 5.38. The summed E-state index contributed by atoms with van der Waals surface area (Å²) in [5.74, 6) is 0.721. The van der Waals surface area contributed by atoms with Crippen LogP contribution in [0.2, 0.25) is 10.0 Å². The van der Waals surface area contributed by atoms with Crippen molar-refractivity contribution >= 4 is 46.3 Å². The minimum Gasteiger partial charge on any atom is -0.497 e. The fraction of sp³-hybridized carbons (Fsp3) is 0.174. The summed E-state index contributed by atoms with van der Waals surface area (Å²) in [6, 6.07) is 20.1. The van der Waals surface area contributed by atoms with Gasteiger partial charge in [-0.2, -0.15) is 0 Å². The van der Waals surface area contributed by atoms with Crippen molar-refractivity contribution in [2.24, 2.45) is 0 Å². The summed E-state index contributed by atoms with van der Waals surface area (Å²) in [7, 11) is 5.59. The monoisotopic (exact) mass is 443 g/mol. The number of carbonyl (C=O) groups is 1. The number of ether oxygens (including phenoxy) is 1. The molecule has 0 spiro atoms. The van der Waals surface area contributed by atoms with Gasteiger partial charge in [0.05, 0.1) is 23.7 Å². The van der Waals surface area contributed by atoms with Crippen LogP contribution in [-0.4, -0.2) is 27.2 Å². The molecule has 0 bridgehead atoms.